The van der Waals surface area contributed by atoms with Gasteiger partial charge in [-0.05, 0) is 43.5 Å². The van der Waals surface area contributed by atoms with Gasteiger partial charge in [0.15, 0.2) is 0 Å². The number of hydrogen-bond acceptors (Lipinski definition) is 4. The fourth-order valence-electron chi connectivity index (χ4n) is 3.34. The smallest absolute Gasteiger partial charge is 0.150 e. The number of carbonyl (C=O) groups excluding carboxylic acids is 1. The molecule has 0 amide bonds. The van der Waals surface area contributed by atoms with Crippen LogP contribution in [0.15, 0.2) is 24.3 Å². The molecule has 3 rings (SSSR count). The molecule has 2 aliphatic rings. The van der Waals surface area contributed by atoms with E-state index >= 15 is 0 Å². The van der Waals surface area contributed by atoms with Crippen molar-refractivity contribution in [1.82, 2.24) is 4.90 Å². The topological polar surface area (TPSA) is 38.8 Å². The van der Waals surface area contributed by atoms with Crippen LogP contribution in [-0.2, 0) is 4.74 Å². The van der Waals surface area contributed by atoms with Crippen LogP contribution in [0.25, 0.3) is 0 Å². The van der Waals surface area contributed by atoms with E-state index in [0.717, 1.165) is 44.8 Å². The summed E-state index contributed by atoms with van der Waals surface area (Å²) in [5.74, 6) is 0.866. The van der Waals surface area contributed by atoms with Gasteiger partial charge in [-0.1, -0.05) is 6.42 Å². The van der Waals surface area contributed by atoms with Gasteiger partial charge in [-0.3, -0.25) is 9.69 Å². The van der Waals surface area contributed by atoms with Gasteiger partial charge < -0.3 is 9.47 Å². The first-order valence-corrected chi connectivity index (χ1v) is 7.90. The van der Waals surface area contributed by atoms with Crippen molar-refractivity contribution in [3.05, 3.63) is 29.8 Å². The molecule has 0 spiro atoms. The third kappa shape index (κ3) is 3.63. The largest absolute Gasteiger partial charge is 0.489 e. The quantitative estimate of drug-likeness (QED) is 0.798. The second-order valence-corrected chi connectivity index (χ2v) is 5.84. The van der Waals surface area contributed by atoms with Crippen molar-refractivity contribution >= 4 is 6.29 Å². The second-order valence-electron chi connectivity index (χ2n) is 5.84. The zero-order valence-electron chi connectivity index (χ0n) is 12.4. The summed E-state index contributed by atoms with van der Waals surface area (Å²) in [5, 5.41) is 0. The number of nitrogens with zero attached hydrogens (tertiary/aromatic N) is 1. The highest BCUT2D eigenvalue weighted by molar-refractivity contribution is 5.74. The van der Waals surface area contributed by atoms with Crippen LogP contribution in [0.4, 0.5) is 0 Å². The predicted molar refractivity (Wildman–Crippen MR) is 80.9 cm³/mol. The van der Waals surface area contributed by atoms with E-state index in [1.165, 1.54) is 19.3 Å². The highest BCUT2D eigenvalue weighted by Crippen LogP contribution is 2.28. The summed E-state index contributed by atoms with van der Waals surface area (Å²) >= 11 is 0. The van der Waals surface area contributed by atoms with Crippen LogP contribution in [0, 0.1) is 0 Å². The maximum Gasteiger partial charge on any atom is 0.150 e. The summed E-state index contributed by atoms with van der Waals surface area (Å²) in [7, 11) is 0. The molecule has 2 atom stereocenters. The molecule has 0 bridgehead atoms. The Morgan fingerprint density at radius 2 is 1.81 bits per heavy atom. The number of morpholine rings is 1. The van der Waals surface area contributed by atoms with Crippen molar-refractivity contribution in [2.75, 3.05) is 26.3 Å². The van der Waals surface area contributed by atoms with Crippen LogP contribution in [0.2, 0.25) is 0 Å². The van der Waals surface area contributed by atoms with Gasteiger partial charge in [0.2, 0.25) is 0 Å². The van der Waals surface area contributed by atoms with Crippen molar-refractivity contribution in [3.8, 4) is 5.75 Å². The van der Waals surface area contributed by atoms with E-state index < -0.39 is 0 Å². The van der Waals surface area contributed by atoms with Gasteiger partial charge in [-0.25, -0.2) is 0 Å². The van der Waals surface area contributed by atoms with Crippen molar-refractivity contribution in [2.45, 2.75) is 37.8 Å². The molecule has 2 fully saturated rings. The lowest BCUT2D eigenvalue weighted by Crippen LogP contribution is -2.52. The van der Waals surface area contributed by atoms with E-state index in [1.54, 1.807) is 0 Å². The third-order valence-corrected chi connectivity index (χ3v) is 4.49. The van der Waals surface area contributed by atoms with E-state index in [0.29, 0.717) is 11.6 Å². The molecule has 0 N–H and O–H groups in total. The molecule has 114 valence electrons. The number of rotatable bonds is 4. The maximum atomic E-state index is 10.7. The number of ether oxygens (including phenoxy) is 2. The Labute approximate surface area is 126 Å². The number of hydrogen-bond donors (Lipinski definition) is 0. The average molecular weight is 289 g/mol. The fraction of sp³-hybridized carbons (Fsp3) is 0.588. The molecular weight excluding hydrogens is 266 g/mol. The van der Waals surface area contributed by atoms with Crippen LogP contribution in [-0.4, -0.2) is 49.6 Å². The molecule has 1 aliphatic heterocycles. The van der Waals surface area contributed by atoms with Gasteiger partial charge in [-0.2, -0.15) is 0 Å². The molecule has 21 heavy (non-hydrogen) atoms. The summed E-state index contributed by atoms with van der Waals surface area (Å²) in [4.78, 5) is 13.2. The summed E-state index contributed by atoms with van der Waals surface area (Å²) in [6.07, 6.45) is 5.94. The van der Waals surface area contributed by atoms with Crippen molar-refractivity contribution < 1.29 is 14.3 Å². The Morgan fingerprint density at radius 3 is 2.52 bits per heavy atom. The molecule has 4 heteroatoms. The Hall–Kier alpha value is -1.39. The minimum Gasteiger partial charge on any atom is -0.489 e. The molecular formula is C17H23NO3. The Bertz CT molecular complexity index is 454. The Balaban J connectivity index is 1.66. The van der Waals surface area contributed by atoms with Gasteiger partial charge in [0, 0.05) is 24.7 Å². The number of carbonyl (C=O) groups is 1. The Morgan fingerprint density at radius 1 is 1.10 bits per heavy atom. The minimum absolute atomic E-state index is 0.249. The van der Waals surface area contributed by atoms with Crippen molar-refractivity contribution in [2.24, 2.45) is 0 Å². The average Bonchev–Trinajstić information content (AvgIpc) is 2.57. The van der Waals surface area contributed by atoms with Gasteiger partial charge in [-0.15, -0.1) is 0 Å². The Kier molecular flexibility index (Phi) is 4.88. The highest BCUT2D eigenvalue weighted by Gasteiger charge is 2.32. The normalized spacial score (nSPS) is 27.2. The number of aldehydes is 1. The van der Waals surface area contributed by atoms with Crippen LogP contribution in [0.5, 0.6) is 5.75 Å². The lowest BCUT2D eigenvalue weighted by atomic mass is 9.91. The molecule has 1 aliphatic carbocycles. The van der Waals surface area contributed by atoms with Crippen LogP contribution >= 0.6 is 0 Å². The first kappa shape index (κ1) is 14.5. The molecule has 1 aromatic rings. The summed E-state index contributed by atoms with van der Waals surface area (Å²) < 4.78 is 11.7. The van der Waals surface area contributed by atoms with Crippen molar-refractivity contribution in [1.29, 1.82) is 0 Å². The van der Waals surface area contributed by atoms with E-state index in [4.69, 9.17) is 9.47 Å². The molecule has 2 unspecified atom stereocenters. The summed E-state index contributed by atoms with van der Waals surface area (Å²) in [6.45, 7) is 3.68. The SMILES string of the molecule is O=Cc1ccc(OC2CCCCC2N2CCOCC2)cc1. The molecule has 1 saturated carbocycles. The van der Waals surface area contributed by atoms with E-state index in [2.05, 4.69) is 4.90 Å². The minimum atomic E-state index is 0.249. The van der Waals surface area contributed by atoms with Gasteiger partial charge in [0.25, 0.3) is 0 Å². The molecule has 0 aromatic heterocycles. The highest BCUT2D eigenvalue weighted by atomic mass is 16.5. The third-order valence-electron chi connectivity index (χ3n) is 4.49. The van der Waals surface area contributed by atoms with E-state index in [1.807, 2.05) is 24.3 Å². The lowest BCUT2D eigenvalue weighted by Gasteiger charge is -2.41. The summed E-state index contributed by atoms with van der Waals surface area (Å²) in [5.41, 5.74) is 0.690. The first-order chi connectivity index (χ1) is 10.4. The molecule has 1 aromatic carbocycles. The van der Waals surface area contributed by atoms with Gasteiger partial charge >= 0.3 is 0 Å². The van der Waals surface area contributed by atoms with Gasteiger partial charge in [0.1, 0.15) is 18.1 Å². The first-order valence-electron chi connectivity index (χ1n) is 7.90. The molecule has 4 nitrogen and oxygen atoms in total. The van der Waals surface area contributed by atoms with Crippen LogP contribution < -0.4 is 4.74 Å². The molecule has 1 heterocycles. The van der Waals surface area contributed by atoms with Gasteiger partial charge in [0.05, 0.1) is 13.2 Å². The second kappa shape index (κ2) is 7.05. The van der Waals surface area contributed by atoms with Crippen LogP contribution in [0.1, 0.15) is 36.0 Å². The van der Waals surface area contributed by atoms with Crippen molar-refractivity contribution in [3.63, 3.8) is 0 Å². The van der Waals surface area contributed by atoms with E-state index in [9.17, 15) is 4.79 Å². The standard InChI is InChI=1S/C17H23NO3/c19-13-14-5-7-15(8-6-14)21-17-4-2-1-3-16(17)18-9-11-20-12-10-18/h5-8,13,16-17H,1-4,9-12H2. The molecule has 0 radical (unpaired) electrons. The summed E-state index contributed by atoms with van der Waals surface area (Å²) in [6, 6.07) is 7.92. The fourth-order valence-corrected chi connectivity index (χ4v) is 3.34. The van der Waals surface area contributed by atoms with Crippen LogP contribution in [0.3, 0.4) is 0 Å². The zero-order chi connectivity index (χ0) is 14.5. The maximum absolute atomic E-state index is 10.7. The monoisotopic (exact) mass is 289 g/mol. The molecule has 1 saturated heterocycles. The lowest BCUT2D eigenvalue weighted by molar-refractivity contribution is -0.0281. The predicted octanol–water partition coefficient (Wildman–Crippen LogP) is 2.52. The number of benzene rings is 1. The zero-order valence-corrected chi connectivity index (χ0v) is 12.4. The van der Waals surface area contributed by atoms with E-state index in [-0.39, 0.29) is 6.10 Å².